The van der Waals surface area contributed by atoms with Crippen molar-refractivity contribution in [1.29, 1.82) is 0 Å². The molecule has 1 saturated heterocycles. The SMILES string of the molecule is [CH]=C1COC1. The van der Waals surface area contributed by atoms with Gasteiger partial charge in [-0.25, -0.2) is 0 Å². The zero-order chi connectivity index (χ0) is 3.70. The zero-order valence-corrected chi connectivity index (χ0v) is 2.90. The first-order chi connectivity index (χ1) is 2.39. The normalized spacial score (nSPS) is 22.0. The summed E-state index contributed by atoms with van der Waals surface area (Å²) in [4.78, 5) is 0. The molecule has 0 aliphatic carbocycles. The summed E-state index contributed by atoms with van der Waals surface area (Å²) in [5, 5.41) is 0. The van der Waals surface area contributed by atoms with E-state index in [0.717, 1.165) is 5.57 Å². The smallest absolute Gasteiger partial charge is 0.0706 e. The van der Waals surface area contributed by atoms with E-state index in [1.165, 1.54) is 0 Å². The van der Waals surface area contributed by atoms with E-state index in [0.29, 0.717) is 13.2 Å². The van der Waals surface area contributed by atoms with E-state index in [9.17, 15) is 0 Å². The minimum atomic E-state index is 0.681. The Morgan fingerprint density at radius 3 is 2.00 bits per heavy atom. The van der Waals surface area contributed by atoms with Crippen molar-refractivity contribution in [2.24, 2.45) is 0 Å². The maximum atomic E-state index is 5.17. The van der Waals surface area contributed by atoms with Gasteiger partial charge in [0.05, 0.1) is 13.2 Å². The number of hydrogen-bond acceptors (Lipinski definition) is 1. The summed E-state index contributed by atoms with van der Waals surface area (Å²) in [5.74, 6) is 0. The van der Waals surface area contributed by atoms with Gasteiger partial charge < -0.3 is 4.74 Å². The van der Waals surface area contributed by atoms with E-state index >= 15 is 0 Å². The van der Waals surface area contributed by atoms with Crippen LogP contribution in [0.4, 0.5) is 0 Å². The molecule has 1 radical (unpaired) electrons. The molecule has 0 atom stereocenters. The van der Waals surface area contributed by atoms with Crippen LogP contribution in [0.5, 0.6) is 0 Å². The summed E-state index contributed by atoms with van der Waals surface area (Å²) < 4.78 is 4.67. The summed E-state index contributed by atoms with van der Waals surface area (Å²) in [6.45, 7) is 6.53. The second-order valence-corrected chi connectivity index (χ2v) is 1.15. The third kappa shape index (κ3) is 0.329. The van der Waals surface area contributed by atoms with E-state index < -0.39 is 0 Å². The van der Waals surface area contributed by atoms with E-state index in [2.05, 4.69) is 4.74 Å². The number of ether oxygens (including phenoxy) is 1. The largest absolute Gasteiger partial charge is 0.373 e. The average molecular weight is 69.1 g/mol. The molecule has 0 bridgehead atoms. The molecule has 0 unspecified atom stereocenters. The van der Waals surface area contributed by atoms with Crippen LogP contribution in [0.3, 0.4) is 0 Å². The molecule has 5 heavy (non-hydrogen) atoms. The van der Waals surface area contributed by atoms with Crippen LogP contribution < -0.4 is 0 Å². The molecule has 0 aromatic heterocycles. The predicted molar refractivity (Wildman–Crippen MR) is 18.6 cm³/mol. The van der Waals surface area contributed by atoms with Gasteiger partial charge in [0.1, 0.15) is 0 Å². The monoisotopic (exact) mass is 69.0 g/mol. The fraction of sp³-hybridized carbons (Fsp3) is 0.500. The van der Waals surface area contributed by atoms with Crippen LogP contribution >= 0.6 is 0 Å². The first kappa shape index (κ1) is 2.91. The van der Waals surface area contributed by atoms with E-state index in [1.54, 1.807) is 0 Å². The molecule has 1 nitrogen and oxygen atoms in total. The number of rotatable bonds is 0. The van der Waals surface area contributed by atoms with Gasteiger partial charge in [-0.05, 0) is 5.57 Å². The minimum Gasteiger partial charge on any atom is -0.373 e. The second kappa shape index (κ2) is 0.830. The lowest BCUT2D eigenvalue weighted by atomic mass is 10.3. The number of hydrogen-bond donors (Lipinski definition) is 0. The van der Waals surface area contributed by atoms with Crippen LogP contribution in [0, 0.1) is 6.58 Å². The molecular weight excluding hydrogens is 64.0 g/mol. The maximum absolute atomic E-state index is 5.17. The molecule has 1 fully saturated rings. The van der Waals surface area contributed by atoms with Crippen LogP contribution in [0.2, 0.25) is 0 Å². The summed E-state index contributed by atoms with van der Waals surface area (Å²) >= 11 is 0. The van der Waals surface area contributed by atoms with Gasteiger partial charge in [0.25, 0.3) is 0 Å². The van der Waals surface area contributed by atoms with Gasteiger partial charge >= 0.3 is 0 Å². The quantitative estimate of drug-likeness (QED) is 0.399. The van der Waals surface area contributed by atoms with Crippen LogP contribution in [0.25, 0.3) is 0 Å². The zero-order valence-electron chi connectivity index (χ0n) is 2.90. The average Bonchev–Trinajstić information content (AvgIpc) is 1.30. The maximum Gasteiger partial charge on any atom is 0.0706 e. The van der Waals surface area contributed by atoms with Gasteiger partial charge in [0, 0.05) is 0 Å². The van der Waals surface area contributed by atoms with Crippen LogP contribution in [-0.4, -0.2) is 13.2 Å². The lowest BCUT2D eigenvalue weighted by Crippen LogP contribution is -2.14. The fourth-order valence-corrected chi connectivity index (χ4v) is 0.220. The van der Waals surface area contributed by atoms with Gasteiger partial charge in [-0.15, -0.1) is 0 Å². The highest BCUT2D eigenvalue weighted by atomic mass is 16.5. The molecule has 0 spiro atoms. The topological polar surface area (TPSA) is 9.23 Å². The Hall–Kier alpha value is -0.300. The van der Waals surface area contributed by atoms with Crippen LogP contribution in [0.1, 0.15) is 0 Å². The molecule has 1 aliphatic heterocycles. The molecule has 27 valence electrons. The summed E-state index contributed by atoms with van der Waals surface area (Å²) in [6, 6.07) is 0. The van der Waals surface area contributed by atoms with Crippen molar-refractivity contribution in [2.75, 3.05) is 13.2 Å². The Bertz CT molecular complexity index is 50.7. The van der Waals surface area contributed by atoms with Crippen molar-refractivity contribution in [2.45, 2.75) is 0 Å². The van der Waals surface area contributed by atoms with Crippen LogP contribution in [-0.2, 0) is 4.74 Å². The van der Waals surface area contributed by atoms with Crippen molar-refractivity contribution >= 4 is 0 Å². The minimum absolute atomic E-state index is 0.681. The van der Waals surface area contributed by atoms with Gasteiger partial charge in [-0.2, -0.15) is 0 Å². The van der Waals surface area contributed by atoms with Crippen molar-refractivity contribution in [3.8, 4) is 0 Å². The van der Waals surface area contributed by atoms with Crippen molar-refractivity contribution in [1.82, 2.24) is 0 Å². The molecule has 0 aromatic carbocycles. The molecule has 0 amide bonds. The molecule has 1 heteroatoms. The highest BCUT2D eigenvalue weighted by Crippen LogP contribution is 2.01. The Morgan fingerprint density at radius 1 is 1.60 bits per heavy atom. The van der Waals surface area contributed by atoms with E-state index in [-0.39, 0.29) is 0 Å². The molecule has 1 heterocycles. The Labute approximate surface area is 31.3 Å². The van der Waals surface area contributed by atoms with Crippen molar-refractivity contribution < 1.29 is 4.74 Å². The van der Waals surface area contributed by atoms with Crippen molar-refractivity contribution in [3.63, 3.8) is 0 Å². The van der Waals surface area contributed by atoms with Gasteiger partial charge in [0.2, 0.25) is 0 Å². The Balaban J connectivity index is 2.32. The van der Waals surface area contributed by atoms with Gasteiger partial charge in [0.15, 0.2) is 0 Å². The van der Waals surface area contributed by atoms with E-state index in [1.807, 2.05) is 0 Å². The molecule has 0 saturated carbocycles. The summed E-state index contributed by atoms with van der Waals surface area (Å²) in [7, 11) is 0. The summed E-state index contributed by atoms with van der Waals surface area (Å²) in [5.41, 5.74) is 0.963. The fourth-order valence-electron chi connectivity index (χ4n) is 0.220. The predicted octanol–water partition coefficient (Wildman–Crippen LogP) is 0.376. The molecule has 0 N–H and O–H groups in total. The van der Waals surface area contributed by atoms with Crippen molar-refractivity contribution in [3.05, 3.63) is 12.2 Å². The second-order valence-electron chi connectivity index (χ2n) is 1.15. The van der Waals surface area contributed by atoms with Gasteiger partial charge in [-0.1, -0.05) is 6.58 Å². The highest BCUT2D eigenvalue weighted by Gasteiger charge is 2.02. The molecule has 1 aliphatic rings. The van der Waals surface area contributed by atoms with Crippen LogP contribution in [0.15, 0.2) is 5.57 Å². The third-order valence-electron chi connectivity index (χ3n) is 0.575. The Morgan fingerprint density at radius 2 is 2.00 bits per heavy atom. The molecular formula is C4H5O. The third-order valence-corrected chi connectivity index (χ3v) is 0.575. The Kier molecular flexibility index (Phi) is 0.484. The molecule has 0 aromatic rings. The lowest BCUT2D eigenvalue weighted by Gasteiger charge is -2.13. The van der Waals surface area contributed by atoms with E-state index in [4.69, 9.17) is 6.58 Å². The summed E-state index contributed by atoms with van der Waals surface area (Å²) in [6.07, 6.45) is 0. The standard InChI is InChI=1S/C4H5O/c1-4-2-5-3-4/h1H,2-3H2. The first-order valence-electron chi connectivity index (χ1n) is 1.57. The molecule has 1 rings (SSSR count). The first-order valence-corrected chi connectivity index (χ1v) is 1.57. The highest BCUT2D eigenvalue weighted by molar-refractivity contribution is 4.98. The lowest BCUT2D eigenvalue weighted by molar-refractivity contribution is 0.103. The van der Waals surface area contributed by atoms with Gasteiger partial charge in [-0.3, -0.25) is 0 Å².